The molecule has 0 atom stereocenters. The lowest BCUT2D eigenvalue weighted by atomic mass is 10.0. The Hall–Kier alpha value is -3.40. The van der Waals surface area contributed by atoms with E-state index in [1.54, 1.807) is 0 Å². The summed E-state index contributed by atoms with van der Waals surface area (Å²) in [6, 6.07) is 26.0. The van der Waals surface area contributed by atoms with Crippen LogP contribution in [-0.2, 0) is 9.59 Å². The summed E-state index contributed by atoms with van der Waals surface area (Å²) in [5.41, 5.74) is 5.14. The van der Waals surface area contributed by atoms with Gasteiger partial charge in [-0.05, 0) is 34.4 Å². The van der Waals surface area contributed by atoms with Gasteiger partial charge in [-0.15, -0.1) is 0 Å². The van der Waals surface area contributed by atoms with E-state index in [4.69, 9.17) is 5.11 Å². The summed E-state index contributed by atoms with van der Waals surface area (Å²) in [5.74, 6) is -1.28. The van der Waals surface area contributed by atoms with E-state index >= 15 is 0 Å². The zero-order valence-corrected chi connectivity index (χ0v) is 14.2. The molecule has 4 heteroatoms. The fourth-order valence-corrected chi connectivity index (χ4v) is 2.68. The molecule has 0 aliphatic rings. The SMILES string of the molecule is O=C(O)CCC(=O)Nc1ccc(-c2ccc(-c3ccccc3)cc2)cc1. The third-order valence-electron chi connectivity index (χ3n) is 4.06. The van der Waals surface area contributed by atoms with Crippen LogP contribution in [0.5, 0.6) is 0 Å². The number of benzene rings is 3. The Labute approximate surface area is 152 Å². The monoisotopic (exact) mass is 345 g/mol. The normalized spacial score (nSPS) is 10.3. The van der Waals surface area contributed by atoms with Crippen molar-refractivity contribution < 1.29 is 14.7 Å². The van der Waals surface area contributed by atoms with Crippen molar-refractivity contribution in [3.8, 4) is 22.3 Å². The van der Waals surface area contributed by atoms with E-state index in [0.717, 1.165) is 16.7 Å². The van der Waals surface area contributed by atoms with Crippen molar-refractivity contribution in [3.05, 3.63) is 78.9 Å². The largest absolute Gasteiger partial charge is 0.481 e. The Kier molecular flexibility index (Phi) is 5.44. The van der Waals surface area contributed by atoms with Crippen LogP contribution in [0.2, 0.25) is 0 Å². The second-order valence-corrected chi connectivity index (χ2v) is 5.96. The summed E-state index contributed by atoms with van der Waals surface area (Å²) in [6.45, 7) is 0. The number of hydrogen-bond acceptors (Lipinski definition) is 2. The molecule has 0 aliphatic heterocycles. The first-order chi connectivity index (χ1) is 12.6. The second kappa shape index (κ2) is 8.12. The average Bonchev–Trinajstić information content (AvgIpc) is 2.68. The Morgan fingerprint density at radius 1 is 0.654 bits per heavy atom. The molecule has 3 rings (SSSR count). The molecule has 130 valence electrons. The van der Waals surface area contributed by atoms with Crippen LogP contribution in [0.1, 0.15) is 12.8 Å². The maximum absolute atomic E-state index is 11.7. The number of hydrogen-bond donors (Lipinski definition) is 2. The average molecular weight is 345 g/mol. The van der Waals surface area contributed by atoms with Gasteiger partial charge in [0, 0.05) is 12.1 Å². The highest BCUT2D eigenvalue weighted by molar-refractivity contribution is 5.92. The van der Waals surface area contributed by atoms with Crippen LogP contribution in [0.4, 0.5) is 5.69 Å². The second-order valence-electron chi connectivity index (χ2n) is 5.96. The smallest absolute Gasteiger partial charge is 0.303 e. The van der Waals surface area contributed by atoms with Gasteiger partial charge >= 0.3 is 5.97 Å². The van der Waals surface area contributed by atoms with Crippen molar-refractivity contribution in [1.82, 2.24) is 0 Å². The number of carboxylic acids is 1. The number of anilines is 1. The number of rotatable bonds is 6. The van der Waals surface area contributed by atoms with Crippen LogP contribution < -0.4 is 5.32 Å². The van der Waals surface area contributed by atoms with Crippen LogP contribution in [0, 0.1) is 0 Å². The predicted octanol–water partition coefficient (Wildman–Crippen LogP) is 4.82. The molecule has 2 N–H and O–H groups in total. The molecule has 0 spiro atoms. The zero-order valence-electron chi connectivity index (χ0n) is 14.2. The van der Waals surface area contributed by atoms with E-state index in [1.807, 2.05) is 42.5 Å². The number of carboxylic acid groups (broad SMARTS) is 1. The summed E-state index contributed by atoms with van der Waals surface area (Å²) >= 11 is 0. The van der Waals surface area contributed by atoms with Crippen LogP contribution >= 0.6 is 0 Å². The van der Waals surface area contributed by atoms with Gasteiger partial charge < -0.3 is 10.4 Å². The first-order valence-corrected chi connectivity index (χ1v) is 8.39. The van der Waals surface area contributed by atoms with E-state index < -0.39 is 5.97 Å². The van der Waals surface area contributed by atoms with Crippen LogP contribution in [-0.4, -0.2) is 17.0 Å². The van der Waals surface area contributed by atoms with Gasteiger partial charge in [-0.3, -0.25) is 9.59 Å². The Morgan fingerprint density at radius 3 is 1.62 bits per heavy atom. The van der Waals surface area contributed by atoms with Crippen molar-refractivity contribution in [2.24, 2.45) is 0 Å². The zero-order chi connectivity index (χ0) is 18.4. The lowest BCUT2D eigenvalue weighted by Crippen LogP contribution is -2.13. The first-order valence-electron chi connectivity index (χ1n) is 8.39. The molecule has 0 saturated carbocycles. The molecule has 26 heavy (non-hydrogen) atoms. The van der Waals surface area contributed by atoms with Crippen molar-refractivity contribution >= 4 is 17.6 Å². The summed E-state index contributed by atoms with van der Waals surface area (Å²) in [7, 11) is 0. The lowest BCUT2D eigenvalue weighted by molar-refractivity contribution is -0.138. The predicted molar refractivity (Wildman–Crippen MR) is 103 cm³/mol. The maximum Gasteiger partial charge on any atom is 0.303 e. The fourth-order valence-electron chi connectivity index (χ4n) is 2.68. The highest BCUT2D eigenvalue weighted by Crippen LogP contribution is 2.25. The molecule has 3 aromatic carbocycles. The molecule has 0 unspecified atom stereocenters. The minimum atomic E-state index is -0.977. The summed E-state index contributed by atoms with van der Waals surface area (Å²) in [4.78, 5) is 22.2. The van der Waals surface area contributed by atoms with Gasteiger partial charge in [-0.25, -0.2) is 0 Å². The third-order valence-corrected chi connectivity index (χ3v) is 4.06. The fraction of sp³-hybridized carbons (Fsp3) is 0.0909. The Bertz CT molecular complexity index is 885. The molecule has 0 saturated heterocycles. The molecule has 4 nitrogen and oxygen atoms in total. The minimum Gasteiger partial charge on any atom is -0.481 e. The molecular weight excluding hydrogens is 326 g/mol. The van der Waals surface area contributed by atoms with Crippen LogP contribution in [0.25, 0.3) is 22.3 Å². The van der Waals surface area contributed by atoms with Gasteiger partial charge in [0.2, 0.25) is 5.91 Å². The molecule has 0 aliphatic carbocycles. The molecule has 1 amide bonds. The van der Waals surface area contributed by atoms with Gasteiger partial charge in [0.1, 0.15) is 0 Å². The summed E-state index contributed by atoms with van der Waals surface area (Å²) in [6.07, 6.45) is -0.199. The van der Waals surface area contributed by atoms with Crippen molar-refractivity contribution in [2.45, 2.75) is 12.8 Å². The Balaban J connectivity index is 1.67. The number of aliphatic carboxylic acids is 1. The van der Waals surface area contributed by atoms with Gasteiger partial charge in [0.15, 0.2) is 0 Å². The molecule has 3 aromatic rings. The number of amides is 1. The van der Waals surface area contributed by atoms with Crippen LogP contribution in [0.15, 0.2) is 78.9 Å². The molecular formula is C22H19NO3. The van der Waals surface area contributed by atoms with E-state index in [-0.39, 0.29) is 18.7 Å². The standard InChI is InChI=1S/C22H19NO3/c24-21(14-15-22(25)26)23-20-12-10-19(11-13-20)18-8-6-17(7-9-18)16-4-2-1-3-5-16/h1-13H,14-15H2,(H,23,24)(H,25,26). The minimum absolute atomic E-state index is 0.0297. The maximum atomic E-state index is 11.7. The molecule has 0 bridgehead atoms. The first kappa shape index (κ1) is 17.4. The quantitative estimate of drug-likeness (QED) is 0.673. The third kappa shape index (κ3) is 4.57. The number of carbonyl (C=O) groups excluding carboxylic acids is 1. The summed E-state index contributed by atoms with van der Waals surface area (Å²) < 4.78 is 0. The Morgan fingerprint density at radius 2 is 1.12 bits per heavy atom. The van der Waals surface area contributed by atoms with E-state index in [9.17, 15) is 9.59 Å². The van der Waals surface area contributed by atoms with Gasteiger partial charge in [0.25, 0.3) is 0 Å². The van der Waals surface area contributed by atoms with E-state index in [2.05, 4.69) is 41.7 Å². The van der Waals surface area contributed by atoms with Gasteiger partial charge in [0.05, 0.1) is 6.42 Å². The number of nitrogens with one attached hydrogen (secondary N) is 1. The summed E-state index contributed by atoms with van der Waals surface area (Å²) in [5, 5.41) is 11.3. The van der Waals surface area contributed by atoms with E-state index in [1.165, 1.54) is 5.56 Å². The molecule has 0 aromatic heterocycles. The topological polar surface area (TPSA) is 66.4 Å². The number of carbonyl (C=O) groups is 2. The van der Waals surface area contributed by atoms with Crippen molar-refractivity contribution in [2.75, 3.05) is 5.32 Å². The van der Waals surface area contributed by atoms with E-state index in [0.29, 0.717) is 5.69 Å². The molecule has 0 radical (unpaired) electrons. The highest BCUT2D eigenvalue weighted by atomic mass is 16.4. The van der Waals surface area contributed by atoms with Gasteiger partial charge in [-0.2, -0.15) is 0 Å². The lowest BCUT2D eigenvalue weighted by Gasteiger charge is -2.07. The molecule has 0 fully saturated rings. The van der Waals surface area contributed by atoms with Crippen molar-refractivity contribution in [1.29, 1.82) is 0 Å². The molecule has 0 heterocycles. The van der Waals surface area contributed by atoms with Crippen LogP contribution in [0.3, 0.4) is 0 Å². The van der Waals surface area contributed by atoms with Gasteiger partial charge in [-0.1, -0.05) is 66.7 Å². The highest BCUT2D eigenvalue weighted by Gasteiger charge is 2.06. The van der Waals surface area contributed by atoms with Crippen molar-refractivity contribution in [3.63, 3.8) is 0 Å².